The van der Waals surface area contributed by atoms with E-state index in [1.165, 1.54) is 11.8 Å². The standard InChI is InChI=1S/C15H13N3OS2/c19-14(16-9-12-5-3-7-20-12)10-21-15-13-6-2-1-4-11(13)8-17-18-15/h1-8H,9-10H2,(H,16,19). The van der Waals surface area contributed by atoms with E-state index in [1.807, 2.05) is 41.8 Å². The quantitative estimate of drug-likeness (QED) is 0.735. The second kappa shape index (κ2) is 6.69. The smallest absolute Gasteiger partial charge is 0.230 e. The molecular formula is C15H13N3OS2. The van der Waals surface area contributed by atoms with E-state index in [2.05, 4.69) is 15.5 Å². The Hall–Kier alpha value is -1.92. The lowest BCUT2D eigenvalue weighted by Crippen LogP contribution is -2.24. The van der Waals surface area contributed by atoms with Crippen molar-refractivity contribution in [1.29, 1.82) is 0 Å². The zero-order valence-electron chi connectivity index (χ0n) is 11.2. The Bertz CT molecular complexity index is 738. The van der Waals surface area contributed by atoms with Crippen molar-refractivity contribution in [3.63, 3.8) is 0 Å². The summed E-state index contributed by atoms with van der Waals surface area (Å²) in [5, 5.41) is 15.9. The van der Waals surface area contributed by atoms with Gasteiger partial charge in [0, 0.05) is 15.6 Å². The molecular weight excluding hydrogens is 302 g/mol. The SMILES string of the molecule is O=C(CSc1nncc2ccccc12)NCc1cccs1. The summed E-state index contributed by atoms with van der Waals surface area (Å²) in [5.41, 5.74) is 0. The van der Waals surface area contributed by atoms with Crippen LogP contribution in [0.25, 0.3) is 10.8 Å². The molecule has 0 bridgehead atoms. The second-order valence-electron chi connectivity index (χ2n) is 4.38. The second-order valence-corrected chi connectivity index (χ2v) is 6.38. The van der Waals surface area contributed by atoms with Crippen molar-refractivity contribution in [3.8, 4) is 0 Å². The summed E-state index contributed by atoms with van der Waals surface area (Å²) in [6.45, 7) is 0.582. The lowest BCUT2D eigenvalue weighted by Gasteiger charge is -2.05. The summed E-state index contributed by atoms with van der Waals surface area (Å²) in [6.07, 6.45) is 1.73. The van der Waals surface area contributed by atoms with Gasteiger partial charge in [-0.3, -0.25) is 4.79 Å². The van der Waals surface area contributed by atoms with E-state index in [1.54, 1.807) is 17.5 Å². The van der Waals surface area contributed by atoms with E-state index in [0.717, 1.165) is 20.7 Å². The number of amides is 1. The van der Waals surface area contributed by atoms with Gasteiger partial charge in [0.15, 0.2) is 0 Å². The van der Waals surface area contributed by atoms with E-state index in [4.69, 9.17) is 0 Å². The van der Waals surface area contributed by atoms with Crippen LogP contribution in [0.1, 0.15) is 4.88 Å². The molecule has 0 aliphatic carbocycles. The molecule has 6 heteroatoms. The number of aromatic nitrogens is 2. The number of thiophene rings is 1. The Morgan fingerprint density at radius 1 is 1.24 bits per heavy atom. The number of hydrogen-bond donors (Lipinski definition) is 1. The van der Waals surface area contributed by atoms with Gasteiger partial charge >= 0.3 is 0 Å². The van der Waals surface area contributed by atoms with Crippen LogP contribution in [0.3, 0.4) is 0 Å². The van der Waals surface area contributed by atoms with Crippen LogP contribution < -0.4 is 5.32 Å². The molecule has 1 N–H and O–H groups in total. The van der Waals surface area contributed by atoms with Crippen molar-refractivity contribution < 1.29 is 4.79 Å². The third-order valence-corrected chi connectivity index (χ3v) is 4.77. The first kappa shape index (κ1) is 14.0. The molecule has 0 aliphatic rings. The summed E-state index contributed by atoms with van der Waals surface area (Å²) in [7, 11) is 0. The molecule has 3 aromatic rings. The van der Waals surface area contributed by atoms with Crippen molar-refractivity contribution in [2.75, 3.05) is 5.75 Å². The molecule has 1 amide bonds. The average Bonchev–Trinajstić information content (AvgIpc) is 3.04. The Morgan fingerprint density at radius 2 is 2.14 bits per heavy atom. The summed E-state index contributed by atoms with van der Waals surface area (Å²) in [5.74, 6) is 0.344. The van der Waals surface area contributed by atoms with Crippen LogP contribution in [0.2, 0.25) is 0 Å². The Morgan fingerprint density at radius 3 is 3.00 bits per heavy atom. The van der Waals surface area contributed by atoms with Crippen LogP contribution in [0, 0.1) is 0 Å². The number of benzene rings is 1. The third kappa shape index (κ3) is 3.59. The van der Waals surface area contributed by atoms with Gasteiger partial charge in [0.05, 0.1) is 18.5 Å². The van der Waals surface area contributed by atoms with Crippen LogP contribution >= 0.6 is 23.1 Å². The van der Waals surface area contributed by atoms with Crippen LogP contribution in [0.15, 0.2) is 53.0 Å². The number of nitrogens with zero attached hydrogens (tertiary/aromatic N) is 2. The van der Waals surface area contributed by atoms with Gasteiger partial charge in [0.2, 0.25) is 5.91 Å². The van der Waals surface area contributed by atoms with E-state index in [-0.39, 0.29) is 5.91 Å². The maximum atomic E-state index is 11.9. The first-order valence-corrected chi connectivity index (χ1v) is 8.32. The number of hydrogen-bond acceptors (Lipinski definition) is 5. The van der Waals surface area contributed by atoms with Gasteiger partial charge in [-0.2, -0.15) is 5.10 Å². The average molecular weight is 315 g/mol. The Kier molecular flexibility index (Phi) is 4.47. The van der Waals surface area contributed by atoms with Crippen LogP contribution in [0.5, 0.6) is 0 Å². The highest BCUT2D eigenvalue weighted by molar-refractivity contribution is 8.00. The lowest BCUT2D eigenvalue weighted by atomic mass is 10.2. The molecule has 0 spiro atoms. The molecule has 1 aromatic carbocycles. The molecule has 3 rings (SSSR count). The summed E-state index contributed by atoms with van der Waals surface area (Å²) < 4.78 is 0. The zero-order valence-corrected chi connectivity index (χ0v) is 12.8. The van der Waals surface area contributed by atoms with Gasteiger partial charge in [0.25, 0.3) is 0 Å². The number of carbonyl (C=O) groups excluding carboxylic acids is 1. The fourth-order valence-electron chi connectivity index (χ4n) is 1.89. The van der Waals surface area contributed by atoms with E-state index < -0.39 is 0 Å². The molecule has 0 saturated heterocycles. The minimum absolute atomic E-state index is 0.00290. The van der Waals surface area contributed by atoms with Crippen LogP contribution in [-0.4, -0.2) is 21.9 Å². The molecule has 0 fully saturated rings. The molecule has 2 heterocycles. The first-order valence-electron chi connectivity index (χ1n) is 6.45. The molecule has 21 heavy (non-hydrogen) atoms. The number of carbonyl (C=O) groups is 1. The molecule has 106 valence electrons. The minimum atomic E-state index is 0.00290. The third-order valence-electron chi connectivity index (χ3n) is 2.92. The van der Waals surface area contributed by atoms with Gasteiger partial charge in [-0.25, -0.2) is 0 Å². The van der Waals surface area contributed by atoms with Crippen LogP contribution in [0.4, 0.5) is 0 Å². The maximum absolute atomic E-state index is 11.9. The molecule has 0 saturated carbocycles. The van der Waals surface area contributed by atoms with Crippen molar-refractivity contribution in [3.05, 3.63) is 52.9 Å². The highest BCUT2D eigenvalue weighted by atomic mass is 32.2. The minimum Gasteiger partial charge on any atom is -0.350 e. The molecule has 0 radical (unpaired) electrons. The van der Waals surface area contributed by atoms with Crippen molar-refractivity contribution in [1.82, 2.24) is 15.5 Å². The number of nitrogens with one attached hydrogen (secondary N) is 1. The fourth-order valence-corrected chi connectivity index (χ4v) is 3.35. The molecule has 2 aromatic heterocycles. The summed E-state index contributed by atoms with van der Waals surface area (Å²) in [4.78, 5) is 13.0. The maximum Gasteiger partial charge on any atom is 0.230 e. The lowest BCUT2D eigenvalue weighted by molar-refractivity contribution is -0.118. The monoisotopic (exact) mass is 315 g/mol. The molecule has 0 aliphatic heterocycles. The van der Waals surface area contributed by atoms with E-state index in [9.17, 15) is 4.79 Å². The number of rotatable bonds is 5. The van der Waals surface area contributed by atoms with Gasteiger partial charge < -0.3 is 5.32 Å². The van der Waals surface area contributed by atoms with Gasteiger partial charge in [-0.1, -0.05) is 42.1 Å². The zero-order chi connectivity index (χ0) is 14.5. The van der Waals surface area contributed by atoms with Crippen molar-refractivity contribution in [2.24, 2.45) is 0 Å². The van der Waals surface area contributed by atoms with Gasteiger partial charge in [-0.05, 0) is 11.4 Å². The highest BCUT2D eigenvalue weighted by Gasteiger charge is 2.07. The molecule has 0 atom stereocenters. The predicted octanol–water partition coefficient (Wildman–Crippen LogP) is 3.10. The number of thioether (sulfide) groups is 1. The molecule has 4 nitrogen and oxygen atoms in total. The van der Waals surface area contributed by atoms with Crippen LogP contribution in [-0.2, 0) is 11.3 Å². The van der Waals surface area contributed by atoms with E-state index >= 15 is 0 Å². The summed E-state index contributed by atoms with van der Waals surface area (Å²) in [6, 6.07) is 11.9. The van der Waals surface area contributed by atoms with Gasteiger partial charge in [0.1, 0.15) is 5.03 Å². The first-order chi connectivity index (χ1) is 10.3. The van der Waals surface area contributed by atoms with Gasteiger partial charge in [-0.15, -0.1) is 16.4 Å². The largest absolute Gasteiger partial charge is 0.350 e. The highest BCUT2D eigenvalue weighted by Crippen LogP contribution is 2.24. The van der Waals surface area contributed by atoms with E-state index in [0.29, 0.717) is 12.3 Å². The fraction of sp³-hybridized carbons (Fsp3) is 0.133. The Balaban J connectivity index is 1.60. The van der Waals surface area contributed by atoms with Crippen molar-refractivity contribution in [2.45, 2.75) is 11.6 Å². The normalized spacial score (nSPS) is 10.7. The van der Waals surface area contributed by atoms with Crippen molar-refractivity contribution >= 4 is 39.8 Å². The topological polar surface area (TPSA) is 54.9 Å². The molecule has 0 unspecified atom stereocenters. The summed E-state index contributed by atoms with van der Waals surface area (Å²) >= 11 is 3.05. The predicted molar refractivity (Wildman–Crippen MR) is 86.4 cm³/mol. The Labute approximate surface area is 130 Å². The number of fused-ring (bicyclic) bond motifs is 1.